The number of hydrogen-bond acceptors (Lipinski definition) is 6. The number of nitrogens with one attached hydrogen (secondary N) is 3. The summed E-state index contributed by atoms with van der Waals surface area (Å²) in [5.41, 5.74) is 13.1. The summed E-state index contributed by atoms with van der Waals surface area (Å²) in [6, 6.07) is 14.2. The van der Waals surface area contributed by atoms with Gasteiger partial charge in [-0.1, -0.05) is 74.5 Å². The summed E-state index contributed by atoms with van der Waals surface area (Å²) in [7, 11) is 0. The van der Waals surface area contributed by atoms with Crippen LogP contribution >= 0.6 is 0 Å². The molecule has 0 saturated carbocycles. The van der Waals surface area contributed by atoms with Crippen molar-refractivity contribution >= 4 is 23.7 Å². The molecule has 2 rings (SSSR count). The predicted octanol–water partition coefficient (Wildman–Crippen LogP) is 1.12. The number of benzene rings is 2. The van der Waals surface area contributed by atoms with Gasteiger partial charge in [-0.15, -0.1) is 0 Å². The van der Waals surface area contributed by atoms with Crippen molar-refractivity contribution in [3.05, 3.63) is 71.8 Å². The van der Waals surface area contributed by atoms with Crippen LogP contribution in [0.1, 0.15) is 44.2 Å². The highest BCUT2D eigenvalue weighted by Crippen LogP contribution is 2.09. The molecule has 0 fully saturated rings. The van der Waals surface area contributed by atoms with Gasteiger partial charge in [-0.05, 0) is 42.9 Å². The summed E-state index contributed by atoms with van der Waals surface area (Å²) in [5.74, 6) is -2.99. The van der Waals surface area contributed by atoms with Gasteiger partial charge in [0.2, 0.25) is 17.7 Å². The van der Waals surface area contributed by atoms with Gasteiger partial charge in [0.1, 0.15) is 18.1 Å². The molecule has 2 aromatic carbocycles. The Hall–Kier alpha value is -3.76. The van der Waals surface area contributed by atoms with E-state index in [4.69, 9.17) is 11.5 Å². The van der Waals surface area contributed by atoms with E-state index in [1.54, 1.807) is 0 Å². The zero-order chi connectivity index (χ0) is 28.8. The minimum atomic E-state index is -1.16. The number of nitrogens with two attached hydrogens (primary N) is 2. The Kier molecular flexibility index (Phi) is 13.1. The zero-order valence-corrected chi connectivity index (χ0v) is 22.6. The van der Waals surface area contributed by atoms with E-state index >= 15 is 0 Å². The van der Waals surface area contributed by atoms with Crippen LogP contribution in [0.3, 0.4) is 0 Å². The fourth-order valence-corrected chi connectivity index (χ4v) is 3.98. The molecule has 8 N–H and O–H groups in total. The second-order valence-corrected chi connectivity index (χ2v) is 9.96. The molecule has 0 aliphatic carbocycles. The molecule has 0 aliphatic heterocycles. The van der Waals surface area contributed by atoms with Gasteiger partial charge >= 0.3 is 5.97 Å². The number of hydrogen-bond donors (Lipinski definition) is 6. The second-order valence-electron chi connectivity index (χ2n) is 9.96. The Balaban J connectivity index is 2.28. The van der Waals surface area contributed by atoms with Crippen LogP contribution in [0.15, 0.2) is 60.7 Å². The van der Waals surface area contributed by atoms with E-state index in [-0.39, 0.29) is 25.2 Å². The third-order valence-corrected chi connectivity index (χ3v) is 6.41. The topological polar surface area (TPSA) is 177 Å². The molecule has 0 saturated heterocycles. The van der Waals surface area contributed by atoms with Crippen LogP contribution in [0, 0.1) is 5.92 Å². The van der Waals surface area contributed by atoms with Gasteiger partial charge in [0.15, 0.2) is 0 Å². The minimum Gasteiger partial charge on any atom is -0.480 e. The fourth-order valence-electron chi connectivity index (χ4n) is 3.98. The van der Waals surface area contributed by atoms with Crippen molar-refractivity contribution in [2.45, 2.75) is 70.1 Å². The van der Waals surface area contributed by atoms with Gasteiger partial charge in [-0.3, -0.25) is 14.4 Å². The quantitative estimate of drug-likeness (QED) is 0.173. The first kappa shape index (κ1) is 31.5. The predicted molar refractivity (Wildman–Crippen MR) is 149 cm³/mol. The third-order valence-electron chi connectivity index (χ3n) is 6.41. The highest BCUT2D eigenvalue weighted by Gasteiger charge is 2.31. The van der Waals surface area contributed by atoms with Crippen LogP contribution in [-0.2, 0) is 32.0 Å². The van der Waals surface area contributed by atoms with Gasteiger partial charge in [-0.25, -0.2) is 4.79 Å². The molecule has 0 radical (unpaired) electrons. The first-order chi connectivity index (χ1) is 18.6. The lowest BCUT2D eigenvalue weighted by atomic mass is 10.0. The zero-order valence-electron chi connectivity index (χ0n) is 22.6. The van der Waals surface area contributed by atoms with E-state index in [9.17, 15) is 24.3 Å². The van der Waals surface area contributed by atoms with Gasteiger partial charge in [-0.2, -0.15) is 0 Å². The molecule has 212 valence electrons. The Morgan fingerprint density at radius 3 is 1.56 bits per heavy atom. The standard InChI is InChI=1S/C29H41N5O5/c1-19(2)25(31)28(37)34-24(18-21-13-7-4-8-14-21)27(36)33-23(17-20-11-5-3-6-12-20)26(35)32-22(29(38)39)15-9-10-16-30/h3-8,11-14,19,22-25H,9-10,15-18,30-31H2,1-2H3,(H,32,35)(H,33,36)(H,34,37)(H,38,39). The molecule has 4 atom stereocenters. The Bertz CT molecular complexity index is 1060. The summed E-state index contributed by atoms with van der Waals surface area (Å²) in [4.78, 5) is 51.4. The highest BCUT2D eigenvalue weighted by atomic mass is 16.4. The maximum atomic E-state index is 13.5. The van der Waals surface area contributed by atoms with E-state index < -0.39 is 47.9 Å². The molecule has 39 heavy (non-hydrogen) atoms. The summed E-state index contributed by atoms with van der Waals surface area (Å²) >= 11 is 0. The van der Waals surface area contributed by atoms with Crippen LogP contribution in [0.2, 0.25) is 0 Å². The molecule has 3 amide bonds. The summed E-state index contributed by atoms with van der Waals surface area (Å²) < 4.78 is 0. The average Bonchev–Trinajstić information content (AvgIpc) is 2.92. The SMILES string of the molecule is CC(C)C(N)C(=O)NC(Cc1ccccc1)C(=O)NC(Cc1ccccc1)C(=O)NC(CCCCN)C(=O)O. The molecular weight excluding hydrogens is 498 g/mol. The Labute approximate surface area is 229 Å². The van der Waals surface area contributed by atoms with E-state index in [1.165, 1.54) is 0 Å². The summed E-state index contributed by atoms with van der Waals surface area (Å²) in [6.45, 7) is 4.04. The van der Waals surface area contributed by atoms with Crippen LogP contribution in [-0.4, -0.2) is 59.5 Å². The van der Waals surface area contributed by atoms with Crippen molar-refractivity contribution in [2.24, 2.45) is 17.4 Å². The van der Waals surface area contributed by atoms with Crippen molar-refractivity contribution in [3.63, 3.8) is 0 Å². The van der Waals surface area contributed by atoms with E-state index in [0.29, 0.717) is 19.4 Å². The Morgan fingerprint density at radius 2 is 1.15 bits per heavy atom. The van der Waals surface area contributed by atoms with E-state index in [1.807, 2.05) is 74.5 Å². The molecule has 10 nitrogen and oxygen atoms in total. The first-order valence-corrected chi connectivity index (χ1v) is 13.3. The lowest BCUT2D eigenvalue weighted by Gasteiger charge is -2.26. The Morgan fingerprint density at radius 1 is 0.718 bits per heavy atom. The monoisotopic (exact) mass is 539 g/mol. The smallest absolute Gasteiger partial charge is 0.326 e. The van der Waals surface area contributed by atoms with Crippen molar-refractivity contribution in [2.75, 3.05) is 6.54 Å². The van der Waals surface area contributed by atoms with Crippen molar-refractivity contribution in [1.29, 1.82) is 0 Å². The molecule has 2 aromatic rings. The maximum absolute atomic E-state index is 13.5. The molecule has 4 unspecified atom stereocenters. The first-order valence-electron chi connectivity index (χ1n) is 13.3. The molecule has 0 spiro atoms. The lowest BCUT2D eigenvalue weighted by Crippen LogP contribution is -2.58. The number of carbonyl (C=O) groups is 4. The van der Waals surface area contributed by atoms with Crippen molar-refractivity contribution < 1.29 is 24.3 Å². The molecule has 0 heterocycles. The summed E-state index contributed by atoms with van der Waals surface area (Å²) in [5, 5.41) is 17.7. The normalized spacial score (nSPS) is 14.1. The van der Waals surface area contributed by atoms with Gasteiger partial charge in [0.25, 0.3) is 0 Å². The summed E-state index contributed by atoms with van der Waals surface area (Å²) in [6.07, 6.45) is 1.68. The highest BCUT2D eigenvalue weighted by molar-refractivity contribution is 5.94. The minimum absolute atomic E-state index is 0.130. The van der Waals surface area contributed by atoms with Gasteiger partial charge in [0.05, 0.1) is 6.04 Å². The van der Waals surface area contributed by atoms with Crippen LogP contribution in [0.4, 0.5) is 0 Å². The van der Waals surface area contributed by atoms with Gasteiger partial charge < -0.3 is 32.5 Å². The number of carboxylic acids is 1. The molecule has 0 aromatic heterocycles. The van der Waals surface area contributed by atoms with Crippen LogP contribution in [0.25, 0.3) is 0 Å². The molecule has 0 aliphatic rings. The number of unbranched alkanes of at least 4 members (excludes halogenated alkanes) is 1. The van der Waals surface area contributed by atoms with E-state index in [0.717, 1.165) is 11.1 Å². The van der Waals surface area contributed by atoms with Crippen molar-refractivity contribution in [1.82, 2.24) is 16.0 Å². The van der Waals surface area contributed by atoms with Crippen LogP contribution in [0.5, 0.6) is 0 Å². The van der Waals surface area contributed by atoms with Crippen molar-refractivity contribution in [3.8, 4) is 0 Å². The molecular formula is C29H41N5O5. The maximum Gasteiger partial charge on any atom is 0.326 e. The fraction of sp³-hybridized carbons (Fsp3) is 0.448. The third kappa shape index (κ3) is 10.9. The number of rotatable bonds is 16. The average molecular weight is 540 g/mol. The number of aliphatic carboxylic acids is 1. The lowest BCUT2D eigenvalue weighted by molar-refractivity contribution is -0.142. The number of carboxylic acid groups (broad SMARTS) is 1. The second kappa shape index (κ2) is 16.3. The van der Waals surface area contributed by atoms with Crippen LogP contribution < -0.4 is 27.4 Å². The molecule has 10 heteroatoms. The molecule has 0 bridgehead atoms. The number of carbonyl (C=O) groups excluding carboxylic acids is 3. The van der Waals surface area contributed by atoms with E-state index in [2.05, 4.69) is 16.0 Å². The largest absolute Gasteiger partial charge is 0.480 e. The number of amides is 3. The van der Waals surface area contributed by atoms with Gasteiger partial charge in [0, 0.05) is 12.8 Å².